The van der Waals surface area contributed by atoms with Gasteiger partial charge < -0.3 is 4.74 Å². The Morgan fingerprint density at radius 3 is 2.18 bits per heavy atom. The van der Waals surface area contributed by atoms with Crippen LogP contribution in [0.25, 0.3) is 0 Å². The minimum absolute atomic E-state index is 0.167. The lowest BCUT2D eigenvalue weighted by molar-refractivity contribution is 0.411. The molecular weight excluding hydrogens is 351 g/mol. The van der Waals surface area contributed by atoms with E-state index in [9.17, 15) is 4.39 Å². The van der Waals surface area contributed by atoms with Crippen molar-refractivity contribution in [3.05, 3.63) is 89.7 Å². The Kier molecular flexibility index (Phi) is 6.19. The van der Waals surface area contributed by atoms with Gasteiger partial charge in [0.1, 0.15) is 11.6 Å². The number of ether oxygens (including phenoxy) is 1. The summed E-state index contributed by atoms with van der Waals surface area (Å²) in [7, 11) is 3.71. The lowest BCUT2D eigenvalue weighted by Crippen LogP contribution is -2.47. The molecule has 0 amide bonds. The topological polar surface area (TPSA) is 15.7 Å². The molecule has 0 radical (unpaired) electrons. The van der Waals surface area contributed by atoms with Crippen LogP contribution in [0.3, 0.4) is 0 Å². The molecule has 0 heterocycles. The van der Waals surface area contributed by atoms with E-state index in [1.807, 2.05) is 44.3 Å². The average Bonchev–Trinajstić information content (AvgIpc) is 2.70. The van der Waals surface area contributed by atoms with Gasteiger partial charge in [0.25, 0.3) is 0 Å². The van der Waals surface area contributed by atoms with Gasteiger partial charge in [-0.2, -0.15) is 0 Å². The van der Waals surface area contributed by atoms with Crippen molar-refractivity contribution in [2.45, 2.75) is 26.3 Å². The molecule has 0 aliphatic heterocycles. The van der Waals surface area contributed by atoms with Crippen LogP contribution in [-0.4, -0.2) is 20.2 Å². The van der Waals surface area contributed by atoms with Gasteiger partial charge in [-0.05, 0) is 73.9 Å². The van der Waals surface area contributed by atoms with Gasteiger partial charge in [0.2, 0.25) is 0 Å². The quantitative estimate of drug-likeness (QED) is 0.496. The molecule has 1 unspecified atom stereocenters. The third kappa shape index (κ3) is 4.45. The van der Waals surface area contributed by atoms with E-state index in [0.29, 0.717) is 0 Å². The van der Waals surface area contributed by atoms with E-state index in [2.05, 4.69) is 47.3 Å². The molecule has 3 aromatic rings. The Bertz CT molecular complexity index is 896. The van der Waals surface area contributed by atoms with E-state index in [0.717, 1.165) is 29.1 Å². The fourth-order valence-electron chi connectivity index (χ4n) is 3.55. The molecule has 0 aliphatic carbocycles. The first-order valence-electron chi connectivity index (χ1n) is 9.46. The van der Waals surface area contributed by atoms with Crippen LogP contribution < -0.4 is 14.8 Å². The number of hydrogen-bond donors (Lipinski definition) is 0. The van der Waals surface area contributed by atoms with E-state index in [1.165, 1.54) is 17.7 Å². The van der Waals surface area contributed by atoms with E-state index >= 15 is 0 Å². The van der Waals surface area contributed by atoms with Crippen molar-refractivity contribution in [2.24, 2.45) is 0 Å². The highest BCUT2D eigenvalue weighted by Crippen LogP contribution is 2.29. The zero-order valence-corrected chi connectivity index (χ0v) is 16.9. The largest absolute Gasteiger partial charge is 0.496 e. The molecule has 0 aromatic heterocycles. The van der Waals surface area contributed by atoms with E-state index < -0.39 is 0 Å². The number of halogens is 1. The first-order valence-corrected chi connectivity index (χ1v) is 9.46. The number of nitrogens with zero attached hydrogens (tertiary/aromatic N) is 2. The smallest absolute Gasteiger partial charge is 0.123 e. The highest BCUT2D eigenvalue weighted by molar-refractivity contribution is 5.60. The molecule has 3 nitrogen and oxygen atoms in total. The maximum absolute atomic E-state index is 13.5. The minimum atomic E-state index is -0.234. The molecule has 1 atom stereocenters. The summed E-state index contributed by atoms with van der Waals surface area (Å²) in [6.45, 7) is 4.22. The molecule has 3 rings (SSSR count). The van der Waals surface area contributed by atoms with Crippen molar-refractivity contribution in [3.8, 4) is 5.75 Å². The number of methoxy groups -OCH3 is 1. The summed E-state index contributed by atoms with van der Waals surface area (Å²) in [6.07, 6.45) is 0.873. The molecular formula is C24H27FN2O. The lowest BCUT2D eigenvalue weighted by Gasteiger charge is -2.40. The number of benzene rings is 3. The van der Waals surface area contributed by atoms with Crippen LogP contribution in [0.4, 0.5) is 15.8 Å². The first kappa shape index (κ1) is 19.7. The van der Waals surface area contributed by atoms with E-state index in [1.54, 1.807) is 7.11 Å². The van der Waals surface area contributed by atoms with Crippen molar-refractivity contribution >= 4 is 11.4 Å². The monoisotopic (exact) mass is 378 g/mol. The highest BCUT2D eigenvalue weighted by atomic mass is 19.1. The maximum Gasteiger partial charge on any atom is 0.123 e. The molecule has 3 aromatic carbocycles. The third-order valence-corrected chi connectivity index (χ3v) is 4.96. The molecule has 0 bridgehead atoms. The summed E-state index contributed by atoms with van der Waals surface area (Å²) in [6, 6.07) is 23.4. The summed E-state index contributed by atoms with van der Waals surface area (Å²) in [4.78, 5) is 0. The van der Waals surface area contributed by atoms with Crippen molar-refractivity contribution in [2.75, 3.05) is 24.2 Å². The number of hydrazine groups is 1. The van der Waals surface area contributed by atoms with Gasteiger partial charge in [-0.25, -0.2) is 4.39 Å². The van der Waals surface area contributed by atoms with Crippen LogP contribution in [-0.2, 0) is 6.42 Å². The summed E-state index contributed by atoms with van der Waals surface area (Å²) in [5, 5.41) is 4.32. The van der Waals surface area contributed by atoms with Crippen molar-refractivity contribution < 1.29 is 9.13 Å². The number of aryl methyl sites for hydroxylation is 1. The second-order valence-electron chi connectivity index (χ2n) is 7.04. The zero-order chi connectivity index (χ0) is 20.1. The molecule has 28 heavy (non-hydrogen) atoms. The van der Waals surface area contributed by atoms with Gasteiger partial charge in [0.15, 0.2) is 0 Å². The maximum atomic E-state index is 13.5. The molecule has 0 fully saturated rings. The van der Waals surface area contributed by atoms with Crippen LogP contribution in [0.2, 0.25) is 0 Å². The van der Waals surface area contributed by atoms with Gasteiger partial charge in [0, 0.05) is 7.05 Å². The zero-order valence-electron chi connectivity index (χ0n) is 16.9. The fraction of sp³-hybridized carbons (Fsp3) is 0.250. The Morgan fingerprint density at radius 1 is 0.929 bits per heavy atom. The normalized spacial score (nSPS) is 11.8. The van der Waals surface area contributed by atoms with E-state index in [-0.39, 0.29) is 11.9 Å². The summed E-state index contributed by atoms with van der Waals surface area (Å²) >= 11 is 0. The van der Waals surface area contributed by atoms with Crippen LogP contribution in [0.1, 0.15) is 18.1 Å². The predicted molar refractivity (Wildman–Crippen MR) is 115 cm³/mol. The number of anilines is 2. The Hall–Kier alpha value is -3.01. The minimum Gasteiger partial charge on any atom is -0.496 e. The Morgan fingerprint density at radius 2 is 1.57 bits per heavy atom. The van der Waals surface area contributed by atoms with Gasteiger partial charge in [0.05, 0.1) is 24.5 Å². The van der Waals surface area contributed by atoms with Gasteiger partial charge in [-0.15, -0.1) is 0 Å². The molecule has 0 saturated carbocycles. The van der Waals surface area contributed by atoms with Gasteiger partial charge in [-0.3, -0.25) is 10.0 Å². The van der Waals surface area contributed by atoms with Crippen LogP contribution in [0, 0.1) is 12.7 Å². The molecule has 146 valence electrons. The Labute approximate surface area is 167 Å². The summed E-state index contributed by atoms with van der Waals surface area (Å²) in [5.74, 6) is 0.630. The third-order valence-electron chi connectivity index (χ3n) is 4.96. The van der Waals surface area contributed by atoms with Crippen molar-refractivity contribution in [1.82, 2.24) is 0 Å². The van der Waals surface area contributed by atoms with Gasteiger partial charge >= 0.3 is 0 Å². The number of rotatable bonds is 7. The summed E-state index contributed by atoms with van der Waals surface area (Å²) < 4.78 is 18.9. The Balaban J connectivity index is 1.95. The standard InChI is InChI=1S/C24H27FN2O/c1-18-16-23(14-15-24(18)28-4)26(3)27(22-12-10-21(25)11-13-22)19(2)17-20-8-6-5-7-9-20/h5-16,19H,17H2,1-4H3. The number of hydrogen-bond acceptors (Lipinski definition) is 3. The van der Waals surface area contributed by atoms with Crippen LogP contribution in [0.15, 0.2) is 72.8 Å². The van der Waals surface area contributed by atoms with Gasteiger partial charge in [-0.1, -0.05) is 30.3 Å². The second kappa shape index (κ2) is 8.79. The molecule has 0 saturated heterocycles. The SMILES string of the molecule is COc1ccc(N(C)N(c2ccc(F)cc2)C(C)Cc2ccccc2)cc1C. The predicted octanol–water partition coefficient (Wildman–Crippen LogP) is 5.63. The molecule has 0 N–H and O–H groups in total. The lowest BCUT2D eigenvalue weighted by atomic mass is 10.1. The first-order chi connectivity index (χ1) is 13.5. The van der Waals surface area contributed by atoms with Crippen LogP contribution >= 0.6 is 0 Å². The second-order valence-corrected chi connectivity index (χ2v) is 7.04. The highest BCUT2D eigenvalue weighted by Gasteiger charge is 2.21. The summed E-state index contributed by atoms with van der Waals surface area (Å²) in [5.41, 5.74) is 4.33. The van der Waals surface area contributed by atoms with E-state index in [4.69, 9.17) is 4.74 Å². The fourth-order valence-corrected chi connectivity index (χ4v) is 3.55. The average molecular weight is 378 g/mol. The molecule has 0 aliphatic rings. The van der Waals surface area contributed by atoms with Crippen molar-refractivity contribution in [1.29, 1.82) is 0 Å². The molecule has 4 heteroatoms. The van der Waals surface area contributed by atoms with Crippen LogP contribution in [0.5, 0.6) is 5.75 Å². The molecule has 0 spiro atoms. The van der Waals surface area contributed by atoms with Crippen molar-refractivity contribution in [3.63, 3.8) is 0 Å².